The lowest BCUT2D eigenvalue weighted by Gasteiger charge is -2.12. The van der Waals surface area contributed by atoms with Crippen LogP contribution in [0.3, 0.4) is 0 Å². The van der Waals surface area contributed by atoms with Gasteiger partial charge in [0.1, 0.15) is 19.3 Å². The molecule has 0 aromatic heterocycles. The molecular weight excluding hydrogens is 633 g/mol. The molecule has 0 fully saturated rings. The van der Waals surface area contributed by atoms with E-state index >= 15 is 0 Å². The molecule has 1 N–H and O–H groups in total. The van der Waals surface area contributed by atoms with Crippen molar-refractivity contribution in [3.63, 3.8) is 0 Å². The van der Waals surface area contributed by atoms with Crippen LogP contribution in [0.1, 0.15) is 239 Å². The van der Waals surface area contributed by atoms with Crippen LogP contribution in [0.2, 0.25) is 0 Å². The molecule has 1 atom stereocenters. The molecule has 0 spiro atoms. The highest BCUT2D eigenvalue weighted by atomic mass is 16.6. The first kappa shape index (κ1) is 49.4. The second-order valence-corrected chi connectivity index (χ2v) is 15.2. The third kappa shape index (κ3) is 42.7. The largest absolute Gasteiger partial charge is 0.463 e. The highest BCUT2D eigenvalue weighted by Crippen LogP contribution is 2.16. The number of hydrogen-bond acceptors (Lipinski definition) is 5. The van der Waals surface area contributed by atoms with E-state index in [2.05, 4.69) is 38.2 Å². The summed E-state index contributed by atoms with van der Waals surface area (Å²) in [6, 6.07) is 0. The summed E-state index contributed by atoms with van der Waals surface area (Å²) in [6.45, 7) is 4.30. The number of carbonyl (C=O) groups is 2. The quantitative estimate of drug-likeness (QED) is 0.0387. The summed E-state index contributed by atoms with van der Waals surface area (Å²) in [5, 5.41) is 10.0. The molecule has 0 heterocycles. The third-order valence-corrected chi connectivity index (χ3v) is 9.94. The summed E-state index contributed by atoms with van der Waals surface area (Å²) in [5.74, 6) is -0.569. The minimum atomic E-state index is -0.966. The highest BCUT2D eigenvalue weighted by Gasteiger charge is 2.12. The highest BCUT2D eigenvalue weighted by molar-refractivity contribution is 5.69. The second kappa shape index (κ2) is 42.8. The Labute approximate surface area is 317 Å². The summed E-state index contributed by atoms with van der Waals surface area (Å²) >= 11 is 0. The molecule has 0 aliphatic rings. The number of aliphatic hydroxyl groups excluding tert-OH is 1. The Morgan fingerprint density at radius 3 is 1.02 bits per heavy atom. The Balaban J connectivity index is 3.39. The van der Waals surface area contributed by atoms with E-state index in [4.69, 9.17) is 9.47 Å². The van der Waals surface area contributed by atoms with E-state index in [1.807, 2.05) is 0 Å². The summed E-state index contributed by atoms with van der Waals surface area (Å²) in [7, 11) is 0. The second-order valence-electron chi connectivity index (χ2n) is 15.2. The van der Waals surface area contributed by atoms with E-state index in [1.165, 1.54) is 167 Å². The lowest BCUT2D eigenvalue weighted by atomic mass is 10.0. The van der Waals surface area contributed by atoms with Crippen molar-refractivity contribution in [1.29, 1.82) is 0 Å². The van der Waals surface area contributed by atoms with Gasteiger partial charge in [-0.05, 0) is 44.9 Å². The van der Waals surface area contributed by atoms with Crippen LogP contribution in [0.15, 0.2) is 24.3 Å². The van der Waals surface area contributed by atoms with Crippen molar-refractivity contribution in [2.75, 3.05) is 13.2 Å². The summed E-state index contributed by atoms with van der Waals surface area (Å²) in [4.78, 5) is 24.0. The first-order chi connectivity index (χ1) is 25.1. The fraction of sp³-hybridized carbons (Fsp3) is 0.870. The summed E-state index contributed by atoms with van der Waals surface area (Å²) < 4.78 is 10.4. The zero-order valence-corrected chi connectivity index (χ0v) is 34.1. The van der Waals surface area contributed by atoms with Gasteiger partial charge in [0.15, 0.2) is 0 Å². The van der Waals surface area contributed by atoms with Gasteiger partial charge in [0.05, 0.1) is 0 Å². The van der Waals surface area contributed by atoms with E-state index in [-0.39, 0.29) is 25.2 Å². The van der Waals surface area contributed by atoms with Crippen LogP contribution in [0.4, 0.5) is 0 Å². The molecule has 5 nitrogen and oxygen atoms in total. The maximum Gasteiger partial charge on any atom is 0.305 e. The fourth-order valence-corrected chi connectivity index (χ4v) is 6.53. The predicted octanol–water partition coefficient (Wildman–Crippen LogP) is 14.2. The lowest BCUT2D eigenvalue weighted by molar-refractivity contribution is -0.152. The fourth-order valence-electron chi connectivity index (χ4n) is 6.53. The molecule has 0 saturated carbocycles. The number of hydrogen-bond donors (Lipinski definition) is 1. The van der Waals surface area contributed by atoms with Gasteiger partial charge >= 0.3 is 11.9 Å². The number of esters is 2. The Hall–Kier alpha value is -1.62. The Morgan fingerprint density at radius 2 is 0.686 bits per heavy atom. The van der Waals surface area contributed by atoms with Gasteiger partial charge in [0, 0.05) is 12.8 Å². The van der Waals surface area contributed by atoms with Crippen LogP contribution >= 0.6 is 0 Å². The predicted molar refractivity (Wildman–Crippen MR) is 219 cm³/mol. The average molecular weight is 719 g/mol. The maximum absolute atomic E-state index is 12.0. The van der Waals surface area contributed by atoms with Crippen LogP contribution in [0.5, 0.6) is 0 Å². The smallest absolute Gasteiger partial charge is 0.305 e. The van der Waals surface area contributed by atoms with E-state index in [0.717, 1.165) is 44.9 Å². The van der Waals surface area contributed by atoms with Gasteiger partial charge in [0.25, 0.3) is 0 Å². The van der Waals surface area contributed by atoms with Crippen LogP contribution < -0.4 is 0 Å². The van der Waals surface area contributed by atoms with Gasteiger partial charge in [-0.15, -0.1) is 0 Å². The van der Waals surface area contributed by atoms with Gasteiger partial charge in [-0.1, -0.05) is 205 Å². The molecule has 0 aromatic rings. The van der Waals surface area contributed by atoms with E-state index in [0.29, 0.717) is 12.8 Å². The topological polar surface area (TPSA) is 72.8 Å². The molecule has 0 aromatic carbocycles. The van der Waals surface area contributed by atoms with Gasteiger partial charge in [-0.25, -0.2) is 0 Å². The molecule has 0 rings (SSSR count). The van der Waals surface area contributed by atoms with Crippen LogP contribution in [-0.4, -0.2) is 36.4 Å². The lowest BCUT2D eigenvalue weighted by Crippen LogP contribution is -2.25. The maximum atomic E-state index is 12.0. The molecule has 0 saturated heterocycles. The van der Waals surface area contributed by atoms with Crippen LogP contribution in [0.25, 0.3) is 0 Å². The zero-order chi connectivity index (χ0) is 37.1. The van der Waals surface area contributed by atoms with Crippen molar-refractivity contribution in [3.8, 4) is 0 Å². The SMILES string of the molecule is CCCCCC/C=C\C/C=C\CCCCCCCC(=O)OC[C@H](O)COC(=O)CCCCCCCCCCCCCCCCCCCCCCC. The van der Waals surface area contributed by atoms with E-state index in [9.17, 15) is 14.7 Å². The molecule has 0 aliphatic carbocycles. The van der Waals surface area contributed by atoms with Gasteiger partial charge in [-0.3, -0.25) is 9.59 Å². The molecule has 0 radical (unpaired) electrons. The molecule has 0 aliphatic heterocycles. The number of ether oxygens (including phenoxy) is 2. The molecule has 0 bridgehead atoms. The number of allylic oxidation sites excluding steroid dienone is 4. The zero-order valence-electron chi connectivity index (χ0n) is 34.1. The average Bonchev–Trinajstić information content (AvgIpc) is 3.13. The Bertz CT molecular complexity index is 776. The molecule has 0 amide bonds. The normalized spacial score (nSPS) is 12.3. The number of rotatable bonds is 41. The summed E-state index contributed by atoms with van der Waals surface area (Å²) in [5.41, 5.74) is 0. The number of carbonyl (C=O) groups excluding carboxylic acids is 2. The first-order valence-corrected chi connectivity index (χ1v) is 22.4. The van der Waals surface area contributed by atoms with Crippen molar-refractivity contribution in [2.45, 2.75) is 245 Å². The molecule has 300 valence electrons. The van der Waals surface area contributed by atoms with Gasteiger partial charge < -0.3 is 14.6 Å². The standard InChI is InChI=1S/C46H86O5/c1-3-5-7-9-11-13-15-17-19-21-22-23-24-25-27-29-31-33-35-37-39-41-46(49)51-43-44(47)42-50-45(48)40-38-36-34-32-30-28-26-20-18-16-14-12-10-8-6-4-2/h14,16,20,26,44,47H,3-13,15,17-19,21-25,27-43H2,1-2H3/b16-14-,26-20-/t44-/m0/s1. The first-order valence-electron chi connectivity index (χ1n) is 22.4. The molecule has 5 heteroatoms. The van der Waals surface area contributed by atoms with Crippen molar-refractivity contribution < 1.29 is 24.2 Å². The van der Waals surface area contributed by atoms with Gasteiger partial charge in [-0.2, -0.15) is 0 Å². The molecular formula is C46H86O5. The van der Waals surface area contributed by atoms with Crippen molar-refractivity contribution in [1.82, 2.24) is 0 Å². The minimum absolute atomic E-state index is 0.116. The Kier molecular flexibility index (Phi) is 41.4. The Morgan fingerprint density at radius 1 is 0.412 bits per heavy atom. The van der Waals surface area contributed by atoms with E-state index < -0.39 is 6.10 Å². The molecule has 51 heavy (non-hydrogen) atoms. The summed E-state index contributed by atoms with van der Waals surface area (Å²) in [6.07, 6.45) is 51.0. The number of unbranched alkanes of at least 4 members (excludes halogenated alkanes) is 29. The van der Waals surface area contributed by atoms with Crippen LogP contribution in [0, 0.1) is 0 Å². The van der Waals surface area contributed by atoms with Gasteiger partial charge in [0.2, 0.25) is 0 Å². The van der Waals surface area contributed by atoms with Crippen molar-refractivity contribution in [3.05, 3.63) is 24.3 Å². The van der Waals surface area contributed by atoms with E-state index in [1.54, 1.807) is 0 Å². The molecule has 0 unspecified atom stereocenters. The third-order valence-electron chi connectivity index (χ3n) is 9.94. The van der Waals surface area contributed by atoms with Crippen molar-refractivity contribution in [2.24, 2.45) is 0 Å². The number of aliphatic hydroxyl groups is 1. The van der Waals surface area contributed by atoms with Crippen molar-refractivity contribution >= 4 is 11.9 Å². The van der Waals surface area contributed by atoms with Crippen LogP contribution in [-0.2, 0) is 19.1 Å². The minimum Gasteiger partial charge on any atom is -0.463 e. The monoisotopic (exact) mass is 719 g/mol.